The maximum absolute atomic E-state index is 13.2. The minimum Gasteiger partial charge on any atom is -0.481 e. The molecular weight excluding hydrogens is 323 g/mol. The second kappa shape index (κ2) is 6.10. The van der Waals surface area contributed by atoms with Gasteiger partial charge in [0.2, 0.25) is 5.88 Å². The highest BCUT2D eigenvalue weighted by molar-refractivity contribution is 6.05. The van der Waals surface area contributed by atoms with Gasteiger partial charge in [-0.05, 0) is 30.5 Å². The molecule has 2 aromatic rings. The Morgan fingerprint density at radius 3 is 2.79 bits per heavy atom. The van der Waals surface area contributed by atoms with Gasteiger partial charge in [-0.25, -0.2) is 9.97 Å². The second-order valence-corrected chi connectivity index (χ2v) is 5.31. The van der Waals surface area contributed by atoms with Crippen molar-refractivity contribution in [2.45, 2.75) is 19.0 Å². The van der Waals surface area contributed by atoms with Gasteiger partial charge in [-0.1, -0.05) is 6.07 Å². The van der Waals surface area contributed by atoms with Gasteiger partial charge < -0.3 is 9.64 Å². The fraction of sp³-hybridized carbons (Fsp3) is 0.312. The van der Waals surface area contributed by atoms with Gasteiger partial charge in [0.1, 0.15) is 12.0 Å². The molecule has 3 rings (SSSR count). The molecule has 0 saturated carbocycles. The Balaban J connectivity index is 2.02. The maximum atomic E-state index is 13.2. The van der Waals surface area contributed by atoms with Crippen LogP contribution in [0.4, 0.5) is 18.9 Å². The van der Waals surface area contributed by atoms with E-state index >= 15 is 0 Å². The Labute approximate surface area is 136 Å². The highest BCUT2D eigenvalue weighted by Crippen LogP contribution is 2.39. The number of anilines is 1. The molecule has 0 radical (unpaired) electrons. The molecule has 5 nitrogen and oxygen atoms in total. The fourth-order valence-electron chi connectivity index (χ4n) is 2.81. The van der Waals surface area contributed by atoms with Crippen LogP contribution in [0.1, 0.15) is 28.0 Å². The summed E-state index contributed by atoms with van der Waals surface area (Å²) in [6.45, 7) is 0.333. The summed E-state index contributed by atoms with van der Waals surface area (Å²) in [5.41, 5.74) is -0.200. The molecule has 0 atom stereocenters. The minimum atomic E-state index is -4.45. The van der Waals surface area contributed by atoms with Gasteiger partial charge >= 0.3 is 6.18 Å². The molecular formula is C16H14F3N3O2. The van der Waals surface area contributed by atoms with Crippen molar-refractivity contribution >= 4 is 11.6 Å². The van der Waals surface area contributed by atoms with E-state index in [0.29, 0.717) is 13.0 Å². The largest absolute Gasteiger partial charge is 0.481 e. The van der Waals surface area contributed by atoms with Gasteiger partial charge in [0.05, 0.1) is 12.7 Å². The summed E-state index contributed by atoms with van der Waals surface area (Å²) in [6, 6.07) is 5.25. The molecule has 1 aliphatic rings. The number of fused-ring (bicyclic) bond motifs is 1. The van der Waals surface area contributed by atoms with E-state index in [-0.39, 0.29) is 29.2 Å². The van der Waals surface area contributed by atoms with E-state index in [1.807, 2.05) is 0 Å². The Kier molecular flexibility index (Phi) is 4.13. The molecule has 1 amide bonds. The zero-order valence-electron chi connectivity index (χ0n) is 12.8. The highest BCUT2D eigenvalue weighted by Gasteiger charge is 2.36. The summed E-state index contributed by atoms with van der Waals surface area (Å²) in [5.74, 6) is -0.259. The van der Waals surface area contributed by atoms with Gasteiger partial charge in [-0.2, -0.15) is 13.2 Å². The lowest BCUT2D eigenvalue weighted by Gasteiger charge is -2.31. The first-order valence-electron chi connectivity index (χ1n) is 7.29. The van der Waals surface area contributed by atoms with Gasteiger partial charge in [-0.15, -0.1) is 0 Å². The number of rotatable bonds is 2. The third-order valence-corrected chi connectivity index (χ3v) is 3.87. The van der Waals surface area contributed by atoms with E-state index in [4.69, 9.17) is 4.74 Å². The van der Waals surface area contributed by atoms with Gasteiger partial charge in [-0.3, -0.25) is 4.79 Å². The predicted octanol–water partition coefficient (Wildman–Crippen LogP) is 3.10. The van der Waals surface area contributed by atoms with Crippen LogP contribution in [0.25, 0.3) is 0 Å². The van der Waals surface area contributed by atoms with Crippen molar-refractivity contribution in [1.29, 1.82) is 0 Å². The van der Waals surface area contributed by atoms with Crippen molar-refractivity contribution in [2.24, 2.45) is 0 Å². The first-order valence-corrected chi connectivity index (χ1v) is 7.29. The molecule has 0 spiro atoms. The number of hydrogen-bond donors (Lipinski definition) is 0. The van der Waals surface area contributed by atoms with Crippen molar-refractivity contribution < 1.29 is 22.7 Å². The van der Waals surface area contributed by atoms with Crippen molar-refractivity contribution in [3.63, 3.8) is 0 Å². The summed E-state index contributed by atoms with van der Waals surface area (Å²) in [4.78, 5) is 21.7. The quantitative estimate of drug-likeness (QED) is 0.845. The number of carbonyl (C=O) groups is 1. The number of amides is 1. The highest BCUT2D eigenvalue weighted by atomic mass is 19.4. The summed E-state index contributed by atoms with van der Waals surface area (Å²) in [7, 11) is 1.41. The number of methoxy groups -OCH3 is 1. The monoisotopic (exact) mass is 337 g/mol. The Morgan fingerprint density at radius 1 is 1.29 bits per heavy atom. The van der Waals surface area contributed by atoms with Crippen LogP contribution in [-0.4, -0.2) is 29.5 Å². The van der Waals surface area contributed by atoms with Gasteiger partial charge in [0.25, 0.3) is 5.91 Å². The summed E-state index contributed by atoms with van der Waals surface area (Å²) in [6.07, 6.45) is -2.53. The lowest BCUT2D eigenvalue weighted by molar-refractivity contribution is -0.138. The number of aromatic nitrogens is 2. The number of nitrogens with zero attached hydrogens (tertiary/aromatic N) is 3. The third kappa shape index (κ3) is 2.91. The van der Waals surface area contributed by atoms with Crippen LogP contribution in [0.3, 0.4) is 0 Å². The molecule has 8 heteroatoms. The topological polar surface area (TPSA) is 55.3 Å². The average molecular weight is 337 g/mol. The van der Waals surface area contributed by atoms with E-state index in [0.717, 1.165) is 6.07 Å². The maximum Gasteiger partial charge on any atom is 0.416 e. The smallest absolute Gasteiger partial charge is 0.416 e. The molecule has 0 saturated heterocycles. The summed E-state index contributed by atoms with van der Waals surface area (Å²) < 4.78 is 44.5. The molecule has 126 valence electrons. The molecule has 0 aliphatic carbocycles. The molecule has 0 unspecified atom stereocenters. The van der Waals surface area contributed by atoms with Crippen molar-refractivity contribution in [2.75, 3.05) is 18.6 Å². The van der Waals surface area contributed by atoms with Gasteiger partial charge in [0, 0.05) is 18.3 Å². The van der Waals surface area contributed by atoms with E-state index in [1.54, 1.807) is 0 Å². The van der Waals surface area contributed by atoms with Crippen LogP contribution in [-0.2, 0) is 12.6 Å². The van der Waals surface area contributed by atoms with E-state index < -0.39 is 17.6 Å². The fourth-order valence-corrected chi connectivity index (χ4v) is 2.81. The standard InChI is InChI=1S/C16H14F3N3O2/c1-24-14-8-12(20-9-21-14)15(23)22-7-3-4-10-11(16(17,18)19)5-2-6-13(10)22/h2,5-6,8-9H,3-4,7H2,1H3. The Morgan fingerprint density at radius 2 is 2.08 bits per heavy atom. The summed E-state index contributed by atoms with van der Waals surface area (Å²) >= 11 is 0. The first-order chi connectivity index (χ1) is 11.4. The van der Waals surface area contributed by atoms with Crippen molar-refractivity contribution in [1.82, 2.24) is 9.97 Å². The van der Waals surface area contributed by atoms with Crippen LogP contribution in [0.5, 0.6) is 5.88 Å². The number of ether oxygens (including phenoxy) is 1. The molecule has 1 aliphatic heterocycles. The molecule has 24 heavy (non-hydrogen) atoms. The van der Waals surface area contributed by atoms with Crippen molar-refractivity contribution in [3.05, 3.63) is 47.4 Å². The SMILES string of the molecule is COc1cc(C(=O)N2CCCc3c2cccc3C(F)(F)F)ncn1. The number of halogens is 3. The second-order valence-electron chi connectivity index (χ2n) is 5.31. The Hall–Kier alpha value is -2.64. The number of hydrogen-bond acceptors (Lipinski definition) is 4. The zero-order chi connectivity index (χ0) is 17.3. The van der Waals surface area contributed by atoms with E-state index in [2.05, 4.69) is 9.97 Å². The molecule has 2 heterocycles. The zero-order valence-corrected chi connectivity index (χ0v) is 12.8. The van der Waals surface area contributed by atoms with Crippen LogP contribution in [0, 0.1) is 0 Å². The Bertz CT molecular complexity index is 777. The van der Waals surface area contributed by atoms with Crippen LogP contribution < -0.4 is 9.64 Å². The van der Waals surface area contributed by atoms with Crippen LogP contribution in [0.15, 0.2) is 30.6 Å². The first kappa shape index (κ1) is 16.2. The molecule has 1 aromatic carbocycles. The van der Waals surface area contributed by atoms with Crippen LogP contribution in [0.2, 0.25) is 0 Å². The number of benzene rings is 1. The minimum absolute atomic E-state index is 0.0760. The predicted molar refractivity (Wildman–Crippen MR) is 80.0 cm³/mol. The normalized spacial score (nSPS) is 14.2. The molecule has 0 bridgehead atoms. The lowest BCUT2D eigenvalue weighted by Crippen LogP contribution is -2.36. The molecule has 0 N–H and O–H groups in total. The van der Waals surface area contributed by atoms with Gasteiger partial charge in [0.15, 0.2) is 0 Å². The van der Waals surface area contributed by atoms with Crippen LogP contribution >= 0.6 is 0 Å². The third-order valence-electron chi connectivity index (χ3n) is 3.87. The summed E-state index contributed by atoms with van der Waals surface area (Å²) in [5, 5.41) is 0. The average Bonchev–Trinajstić information content (AvgIpc) is 2.59. The molecule has 1 aromatic heterocycles. The van der Waals surface area contributed by atoms with Crippen molar-refractivity contribution in [3.8, 4) is 5.88 Å². The van der Waals surface area contributed by atoms with E-state index in [9.17, 15) is 18.0 Å². The number of alkyl halides is 3. The number of carbonyl (C=O) groups excluding carboxylic acids is 1. The van der Waals surface area contributed by atoms with E-state index in [1.165, 1.54) is 36.5 Å². The molecule has 0 fully saturated rings. The lowest BCUT2D eigenvalue weighted by atomic mass is 9.95.